The fourth-order valence-electron chi connectivity index (χ4n) is 4.19. The average Bonchev–Trinajstić information content (AvgIpc) is 3.39. The molecule has 0 atom stereocenters. The number of hydrogen-bond acceptors (Lipinski definition) is 7. The van der Waals surface area contributed by atoms with Crippen LogP contribution in [-0.2, 0) is 4.79 Å². The van der Waals surface area contributed by atoms with Crippen molar-refractivity contribution >= 4 is 56.4 Å². The van der Waals surface area contributed by atoms with Gasteiger partial charge in [-0.05, 0) is 64.3 Å². The van der Waals surface area contributed by atoms with Gasteiger partial charge < -0.3 is 18.9 Å². The van der Waals surface area contributed by atoms with Crippen LogP contribution in [0, 0.1) is 5.41 Å². The van der Waals surface area contributed by atoms with Gasteiger partial charge in [0.05, 0.1) is 29.5 Å². The summed E-state index contributed by atoms with van der Waals surface area (Å²) in [7, 11) is 1.59. The number of hydrogen-bond donors (Lipinski definition) is 1. The first-order chi connectivity index (χ1) is 19.5. The SMILES string of the molecule is CCOc1cc(/C=C2/C(=N)N3C(c4ccccc4)=CSC3=NC2=O)cc(Br)c1OCCOc1ccccc1OC. The Morgan fingerprint density at radius 3 is 2.45 bits per heavy atom. The molecule has 0 radical (unpaired) electrons. The number of carbonyl (C=O) groups excluding carboxylic acids is 1. The van der Waals surface area contributed by atoms with Crippen LogP contribution < -0.4 is 18.9 Å². The number of fused-ring (bicyclic) bond motifs is 1. The number of para-hydroxylation sites is 2. The van der Waals surface area contributed by atoms with Crippen LogP contribution in [0.5, 0.6) is 23.0 Å². The monoisotopic (exact) mass is 619 g/mol. The number of carbonyl (C=O) groups is 1. The van der Waals surface area contributed by atoms with Crippen molar-refractivity contribution < 1.29 is 23.7 Å². The number of ether oxygens (including phenoxy) is 4. The maximum absolute atomic E-state index is 12.9. The van der Waals surface area contributed by atoms with E-state index >= 15 is 0 Å². The van der Waals surface area contributed by atoms with E-state index in [1.165, 1.54) is 11.8 Å². The van der Waals surface area contributed by atoms with E-state index in [9.17, 15) is 4.79 Å². The second-order valence-corrected chi connectivity index (χ2v) is 10.2. The van der Waals surface area contributed by atoms with Crippen LogP contribution in [0.1, 0.15) is 18.1 Å². The molecular weight excluding hydrogens is 594 g/mol. The average molecular weight is 621 g/mol. The predicted molar refractivity (Wildman–Crippen MR) is 161 cm³/mol. The zero-order valence-corrected chi connectivity index (χ0v) is 24.3. The quantitative estimate of drug-likeness (QED) is 0.201. The van der Waals surface area contributed by atoms with Gasteiger partial charge in [-0.25, -0.2) is 0 Å². The third-order valence-corrected chi connectivity index (χ3v) is 7.40. The van der Waals surface area contributed by atoms with Crippen molar-refractivity contribution in [1.82, 2.24) is 4.90 Å². The Bertz CT molecular complexity index is 1540. The molecule has 0 saturated carbocycles. The lowest BCUT2D eigenvalue weighted by molar-refractivity contribution is -0.114. The van der Waals surface area contributed by atoms with Gasteiger partial charge in [0, 0.05) is 5.41 Å². The highest BCUT2D eigenvalue weighted by Crippen LogP contribution is 2.40. The topological polar surface area (TPSA) is 93.4 Å². The second kappa shape index (κ2) is 12.4. The summed E-state index contributed by atoms with van der Waals surface area (Å²) in [5.74, 6) is 1.90. The largest absolute Gasteiger partial charge is 0.493 e. The minimum atomic E-state index is -0.464. The summed E-state index contributed by atoms with van der Waals surface area (Å²) in [5.41, 5.74) is 2.59. The van der Waals surface area contributed by atoms with Crippen molar-refractivity contribution in [3.05, 3.63) is 93.3 Å². The molecule has 10 heteroatoms. The van der Waals surface area contributed by atoms with Crippen molar-refractivity contribution in [2.24, 2.45) is 4.99 Å². The van der Waals surface area contributed by atoms with Gasteiger partial charge in [-0.3, -0.25) is 15.1 Å². The molecule has 0 unspecified atom stereocenters. The highest BCUT2D eigenvalue weighted by atomic mass is 79.9. The fraction of sp³-hybridized carbons (Fsp3) is 0.167. The van der Waals surface area contributed by atoms with E-state index in [2.05, 4.69) is 20.9 Å². The van der Waals surface area contributed by atoms with Crippen LogP contribution in [0.3, 0.4) is 0 Å². The molecule has 3 aromatic rings. The van der Waals surface area contributed by atoms with E-state index in [0.717, 1.165) is 11.3 Å². The summed E-state index contributed by atoms with van der Waals surface area (Å²) < 4.78 is 23.7. The Morgan fingerprint density at radius 1 is 0.975 bits per heavy atom. The molecule has 2 aliphatic heterocycles. The minimum Gasteiger partial charge on any atom is -0.493 e. The number of thioether (sulfide) groups is 1. The van der Waals surface area contributed by atoms with Gasteiger partial charge in [0.2, 0.25) is 0 Å². The zero-order chi connectivity index (χ0) is 28.1. The molecule has 3 aromatic carbocycles. The number of amides is 1. The van der Waals surface area contributed by atoms with Crippen LogP contribution in [0.4, 0.5) is 0 Å². The van der Waals surface area contributed by atoms with E-state index in [1.54, 1.807) is 24.2 Å². The number of halogens is 1. The lowest BCUT2D eigenvalue weighted by atomic mass is 10.1. The molecular formula is C30H26BrN3O5S. The Hall–Kier alpha value is -4.02. The molecule has 2 aliphatic rings. The Labute approximate surface area is 244 Å². The van der Waals surface area contributed by atoms with Gasteiger partial charge in [0.15, 0.2) is 28.2 Å². The maximum atomic E-state index is 12.9. The van der Waals surface area contributed by atoms with E-state index in [1.807, 2.05) is 73.0 Å². The number of methoxy groups -OCH3 is 1. The molecule has 0 bridgehead atoms. The first-order valence-electron chi connectivity index (χ1n) is 12.5. The van der Waals surface area contributed by atoms with Gasteiger partial charge in [-0.15, -0.1) is 0 Å². The van der Waals surface area contributed by atoms with Crippen LogP contribution in [0.25, 0.3) is 11.8 Å². The van der Waals surface area contributed by atoms with E-state index in [4.69, 9.17) is 24.4 Å². The first kappa shape index (κ1) is 27.5. The predicted octanol–water partition coefficient (Wildman–Crippen LogP) is 6.62. The van der Waals surface area contributed by atoms with Crippen molar-refractivity contribution in [1.29, 1.82) is 5.41 Å². The molecule has 0 spiro atoms. The standard InChI is InChI=1S/C30H26BrN3O5S/c1-3-37-26-17-19(16-22(31)27(26)39-14-13-38-25-12-8-7-11-24(25)36-2)15-21-28(32)34-23(20-9-5-4-6-10-20)18-40-30(34)33-29(21)35/h4-12,15-18,32H,3,13-14H2,1-2H3/b21-15-,32-28?. The molecule has 204 valence electrons. The minimum absolute atomic E-state index is 0.0676. The van der Waals surface area contributed by atoms with Crippen molar-refractivity contribution in [2.45, 2.75) is 6.92 Å². The summed E-state index contributed by atoms with van der Waals surface area (Å²) in [6.07, 6.45) is 1.65. The van der Waals surface area contributed by atoms with Crippen LogP contribution in [-0.4, -0.2) is 48.7 Å². The molecule has 1 amide bonds. The molecule has 2 heterocycles. The van der Waals surface area contributed by atoms with Crippen molar-refractivity contribution in [2.75, 3.05) is 26.9 Å². The van der Waals surface area contributed by atoms with E-state index in [-0.39, 0.29) is 18.0 Å². The van der Waals surface area contributed by atoms with Crippen molar-refractivity contribution in [3.8, 4) is 23.0 Å². The third kappa shape index (κ3) is 5.78. The number of nitrogens with zero attached hydrogens (tertiary/aromatic N) is 2. The van der Waals surface area contributed by atoms with Gasteiger partial charge in [-0.2, -0.15) is 4.99 Å². The van der Waals surface area contributed by atoms with E-state index in [0.29, 0.717) is 51.4 Å². The molecule has 1 N–H and O–H groups in total. The van der Waals surface area contributed by atoms with Gasteiger partial charge >= 0.3 is 0 Å². The van der Waals surface area contributed by atoms with Crippen LogP contribution >= 0.6 is 27.7 Å². The summed E-state index contributed by atoms with van der Waals surface area (Å²) in [5, 5.41) is 11.3. The van der Waals surface area contributed by atoms with Crippen LogP contribution in [0.15, 0.2) is 87.2 Å². The van der Waals surface area contributed by atoms with Crippen molar-refractivity contribution in [3.63, 3.8) is 0 Å². The summed E-state index contributed by atoms with van der Waals surface area (Å²) >= 11 is 4.92. The number of aliphatic imine (C=N–C) groups is 1. The highest BCUT2D eigenvalue weighted by molar-refractivity contribution is 9.10. The molecule has 0 saturated heterocycles. The molecule has 0 aliphatic carbocycles. The normalized spacial score (nSPS) is 15.5. The number of nitrogens with one attached hydrogen (secondary N) is 1. The van der Waals surface area contributed by atoms with Crippen LogP contribution in [0.2, 0.25) is 0 Å². The smallest absolute Gasteiger partial charge is 0.283 e. The van der Waals surface area contributed by atoms with E-state index < -0.39 is 5.91 Å². The second-order valence-electron chi connectivity index (χ2n) is 8.54. The fourth-order valence-corrected chi connectivity index (χ4v) is 5.65. The maximum Gasteiger partial charge on any atom is 0.283 e. The zero-order valence-electron chi connectivity index (χ0n) is 21.8. The lowest BCUT2D eigenvalue weighted by Gasteiger charge is -2.27. The van der Waals surface area contributed by atoms with Gasteiger partial charge in [0.1, 0.15) is 19.0 Å². The van der Waals surface area contributed by atoms with Gasteiger partial charge in [0.25, 0.3) is 5.91 Å². The molecule has 40 heavy (non-hydrogen) atoms. The Balaban J connectivity index is 1.35. The highest BCUT2D eigenvalue weighted by Gasteiger charge is 2.36. The molecule has 5 rings (SSSR count). The molecule has 0 aromatic heterocycles. The number of rotatable bonds is 10. The Kier molecular flexibility index (Phi) is 8.57. The first-order valence-corrected chi connectivity index (χ1v) is 14.2. The summed E-state index contributed by atoms with van der Waals surface area (Å²) in [6, 6.07) is 20.8. The summed E-state index contributed by atoms with van der Waals surface area (Å²) in [6.45, 7) is 2.85. The molecule has 8 nitrogen and oxygen atoms in total. The Morgan fingerprint density at radius 2 is 1.70 bits per heavy atom. The number of benzene rings is 3. The summed E-state index contributed by atoms with van der Waals surface area (Å²) in [4.78, 5) is 18.9. The molecule has 0 fully saturated rings. The van der Waals surface area contributed by atoms with Gasteiger partial charge in [-0.1, -0.05) is 54.2 Å². The number of amidine groups is 2. The third-order valence-electron chi connectivity index (χ3n) is 5.98. The lowest BCUT2D eigenvalue weighted by Crippen LogP contribution is -2.38.